The van der Waals surface area contributed by atoms with Crippen molar-refractivity contribution >= 4 is 8.07 Å². The van der Waals surface area contributed by atoms with Crippen molar-refractivity contribution in [3.05, 3.63) is 12.5 Å². The molecule has 0 saturated heterocycles. The van der Waals surface area contributed by atoms with Gasteiger partial charge < -0.3 is 10.1 Å². The maximum Gasteiger partial charge on any atom is 0.150 e. The van der Waals surface area contributed by atoms with Gasteiger partial charge in [-0.3, -0.25) is 0 Å². The van der Waals surface area contributed by atoms with Crippen LogP contribution >= 0.6 is 0 Å². The number of hydrogen-bond donors (Lipinski definition) is 1. The third-order valence-corrected chi connectivity index (χ3v) is 3.19. The number of ether oxygens (including phenoxy) is 1. The van der Waals surface area contributed by atoms with Crippen LogP contribution in [0.15, 0.2) is 12.5 Å². The van der Waals surface area contributed by atoms with E-state index in [1.54, 1.807) is 6.26 Å². The van der Waals surface area contributed by atoms with Gasteiger partial charge in [-0.1, -0.05) is 19.6 Å². The number of rotatable bonds is 1. The van der Waals surface area contributed by atoms with Crippen LogP contribution in [0.2, 0.25) is 19.6 Å². The largest absolute Gasteiger partial charge is 0.481 e. The summed E-state index contributed by atoms with van der Waals surface area (Å²) in [6.45, 7) is 6.83. The zero-order chi connectivity index (χ0) is 6.91. The highest BCUT2D eigenvalue weighted by molar-refractivity contribution is 6.77. The Morgan fingerprint density at radius 3 is 2.33 bits per heavy atom. The molecule has 0 aliphatic carbocycles. The highest BCUT2D eigenvalue weighted by atomic mass is 28.3. The lowest BCUT2D eigenvalue weighted by Crippen LogP contribution is -2.45. The molecule has 0 amide bonds. The van der Waals surface area contributed by atoms with Gasteiger partial charge in [-0.2, -0.15) is 0 Å². The molecule has 0 bridgehead atoms. The molecule has 0 aromatic rings. The van der Waals surface area contributed by atoms with Gasteiger partial charge in [0.15, 0.2) is 5.85 Å². The summed E-state index contributed by atoms with van der Waals surface area (Å²) in [4.78, 5) is 0. The molecule has 1 heterocycles. The highest BCUT2D eigenvalue weighted by Crippen LogP contribution is 2.11. The van der Waals surface area contributed by atoms with Gasteiger partial charge in [-0.25, -0.2) is 0 Å². The molecule has 1 aliphatic heterocycles. The molecule has 0 saturated carbocycles. The molecular formula is C6H13NOSi. The second-order valence-electron chi connectivity index (χ2n) is 3.35. The topological polar surface area (TPSA) is 21.3 Å². The van der Waals surface area contributed by atoms with Gasteiger partial charge in [-0.05, 0) is 0 Å². The maximum absolute atomic E-state index is 5.29. The van der Waals surface area contributed by atoms with Gasteiger partial charge in [0.1, 0.15) is 14.3 Å². The standard InChI is InChI=1S/C6H13NOSi/c1-9(2,3)6-7-4-5-8-6/h4-7H,1-3H3. The molecule has 1 aliphatic rings. The van der Waals surface area contributed by atoms with Crippen LogP contribution in [-0.2, 0) is 4.74 Å². The van der Waals surface area contributed by atoms with E-state index < -0.39 is 8.07 Å². The van der Waals surface area contributed by atoms with Crippen molar-refractivity contribution < 1.29 is 4.74 Å². The first-order valence-corrected chi connectivity index (χ1v) is 6.75. The lowest BCUT2D eigenvalue weighted by Gasteiger charge is -2.23. The second kappa shape index (κ2) is 2.06. The lowest BCUT2D eigenvalue weighted by atomic mass is 11.0. The van der Waals surface area contributed by atoms with E-state index in [-0.39, 0.29) is 5.85 Å². The Labute approximate surface area is 56.9 Å². The van der Waals surface area contributed by atoms with Crippen LogP contribution in [0, 0.1) is 0 Å². The first-order valence-electron chi connectivity index (χ1n) is 3.17. The molecule has 0 aromatic carbocycles. The minimum Gasteiger partial charge on any atom is -0.481 e. The fourth-order valence-corrected chi connectivity index (χ4v) is 1.82. The van der Waals surface area contributed by atoms with E-state index in [0.717, 1.165) is 0 Å². The molecule has 0 radical (unpaired) electrons. The van der Waals surface area contributed by atoms with Crippen molar-refractivity contribution in [1.29, 1.82) is 0 Å². The van der Waals surface area contributed by atoms with Gasteiger partial charge in [0, 0.05) is 6.20 Å². The molecule has 52 valence electrons. The third-order valence-electron chi connectivity index (χ3n) is 1.32. The van der Waals surface area contributed by atoms with Crippen LogP contribution in [0.25, 0.3) is 0 Å². The van der Waals surface area contributed by atoms with Crippen molar-refractivity contribution in [2.45, 2.75) is 25.5 Å². The summed E-state index contributed by atoms with van der Waals surface area (Å²) in [6.07, 6.45) is 3.59. The van der Waals surface area contributed by atoms with E-state index in [2.05, 4.69) is 25.0 Å². The summed E-state index contributed by atoms with van der Waals surface area (Å²) < 4.78 is 5.29. The van der Waals surface area contributed by atoms with Crippen molar-refractivity contribution in [3.8, 4) is 0 Å². The van der Waals surface area contributed by atoms with Gasteiger partial charge in [0.2, 0.25) is 0 Å². The molecular weight excluding hydrogens is 130 g/mol. The average Bonchev–Trinajstić information content (AvgIpc) is 2.08. The van der Waals surface area contributed by atoms with E-state index in [4.69, 9.17) is 4.74 Å². The zero-order valence-electron chi connectivity index (χ0n) is 6.14. The molecule has 1 atom stereocenters. The Balaban J connectivity index is 2.46. The number of nitrogens with one attached hydrogen (secondary N) is 1. The normalized spacial score (nSPS) is 25.4. The fourth-order valence-electron chi connectivity index (χ4n) is 0.738. The van der Waals surface area contributed by atoms with Crippen molar-refractivity contribution in [1.82, 2.24) is 5.32 Å². The van der Waals surface area contributed by atoms with Crippen LogP contribution in [0.3, 0.4) is 0 Å². The summed E-state index contributed by atoms with van der Waals surface area (Å²) in [5, 5.41) is 3.16. The van der Waals surface area contributed by atoms with Crippen LogP contribution in [0.5, 0.6) is 0 Å². The molecule has 1 N–H and O–H groups in total. The van der Waals surface area contributed by atoms with Crippen molar-refractivity contribution in [2.24, 2.45) is 0 Å². The van der Waals surface area contributed by atoms with E-state index in [1.165, 1.54) is 0 Å². The molecule has 0 spiro atoms. The van der Waals surface area contributed by atoms with E-state index in [1.807, 2.05) is 6.20 Å². The minimum atomic E-state index is -1.12. The van der Waals surface area contributed by atoms with Gasteiger partial charge in [-0.15, -0.1) is 0 Å². The second-order valence-corrected chi connectivity index (χ2v) is 8.61. The first kappa shape index (κ1) is 6.67. The van der Waals surface area contributed by atoms with Crippen LogP contribution in [0.1, 0.15) is 0 Å². The first-order chi connectivity index (χ1) is 4.11. The Bertz CT molecular complexity index is 120. The van der Waals surface area contributed by atoms with E-state index in [9.17, 15) is 0 Å². The number of hydrogen-bond acceptors (Lipinski definition) is 2. The van der Waals surface area contributed by atoms with E-state index in [0.29, 0.717) is 0 Å². The minimum absolute atomic E-state index is 0.289. The maximum atomic E-state index is 5.29. The summed E-state index contributed by atoms with van der Waals surface area (Å²) in [5.41, 5.74) is 0. The molecule has 0 fully saturated rings. The molecule has 1 rings (SSSR count). The van der Waals surface area contributed by atoms with Gasteiger partial charge >= 0.3 is 0 Å². The van der Waals surface area contributed by atoms with Gasteiger partial charge in [0.25, 0.3) is 0 Å². The molecule has 9 heavy (non-hydrogen) atoms. The predicted molar refractivity (Wildman–Crippen MR) is 40.5 cm³/mol. The smallest absolute Gasteiger partial charge is 0.150 e. The molecule has 2 nitrogen and oxygen atoms in total. The van der Waals surface area contributed by atoms with Crippen LogP contribution in [0.4, 0.5) is 0 Å². The van der Waals surface area contributed by atoms with Crippen LogP contribution in [-0.4, -0.2) is 13.9 Å². The molecule has 3 heteroatoms. The Morgan fingerprint density at radius 2 is 2.11 bits per heavy atom. The Kier molecular flexibility index (Phi) is 1.53. The van der Waals surface area contributed by atoms with Crippen LogP contribution < -0.4 is 5.32 Å². The Morgan fingerprint density at radius 1 is 1.44 bits per heavy atom. The third kappa shape index (κ3) is 1.48. The van der Waals surface area contributed by atoms with Gasteiger partial charge in [0.05, 0.1) is 0 Å². The zero-order valence-corrected chi connectivity index (χ0v) is 7.14. The summed E-state index contributed by atoms with van der Waals surface area (Å²) >= 11 is 0. The predicted octanol–water partition coefficient (Wildman–Crippen LogP) is 1.28. The van der Waals surface area contributed by atoms with E-state index >= 15 is 0 Å². The Hall–Kier alpha value is -0.443. The highest BCUT2D eigenvalue weighted by Gasteiger charge is 2.28. The summed E-state index contributed by atoms with van der Waals surface area (Å²) in [7, 11) is -1.12. The summed E-state index contributed by atoms with van der Waals surface area (Å²) in [6, 6.07) is 0. The van der Waals surface area contributed by atoms with Crippen molar-refractivity contribution in [2.75, 3.05) is 0 Å². The lowest BCUT2D eigenvalue weighted by molar-refractivity contribution is 0.216. The summed E-state index contributed by atoms with van der Waals surface area (Å²) in [5.74, 6) is 0.289. The SMILES string of the molecule is C[Si](C)(C)C1NC=CO1. The monoisotopic (exact) mass is 143 g/mol. The quantitative estimate of drug-likeness (QED) is 0.558. The molecule has 0 aromatic heterocycles. The van der Waals surface area contributed by atoms with Crippen molar-refractivity contribution in [3.63, 3.8) is 0 Å². The molecule has 1 unspecified atom stereocenters. The fraction of sp³-hybridized carbons (Fsp3) is 0.667. The average molecular weight is 143 g/mol.